The molecule has 6 heteroatoms. The van der Waals surface area contributed by atoms with Crippen molar-refractivity contribution in [2.24, 2.45) is 0 Å². The van der Waals surface area contributed by atoms with E-state index in [1.54, 1.807) is 13.2 Å². The molecule has 5 nitrogen and oxygen atoms in total. The fourth-order valence-electron chi connectivity index (χ4n) is 2.64. The van der Waals surface area contributed by atoms with E-state index in [2.05, 4.69) is 20.6 Å². The maximum atomic E-state index is 6.21. The first-order chi connectivity index (χ1) is 12.7. The van der Waals surface area contributed by atoms with E-state index in [-0.39, 0.29) is 0 Å². The lowest BCUT2D eigenvalue weighted by atomic mass is 10.1. The topological polar surface area (TPSA) is 59.1 Å². The highest BCUT2D eigenvalue weighted by molar-refractivity contribution is 6.32. The van der Waals surface area contributed by atoms with Crippen molar-refractivity contribution in [2.45, 2.75) is 18.9 Å². The van der Waals surface area contributed by atoms with Crippen LogP contribution in [-0.4, -0.2) is 23.1 Å². The fraction of sp³-hybridized carbons (Fsp3) is 0.200. The summed E-state index contributed by atoms with van der Waals surface area (Å²) in [4.78, 5) is 9.26. The second-order valence-corrected chi connectivity index (χ2v) is 6.63. The van der Waals surface area contributed by atoms with Crippen LogP contribution in [0.2, 0.25) is 5.02 Å². The number of nitrogens with zero attached hydrogens (tertiary/aromatic N) is 2. The molecule has 1 aliphatic rings. The normalized spacial score (nSPS) is 13.3. The minimum atomic E-state index is 0.511. The van der Waals surface area contributed by atoms with Gasteiger partial charge in [0.1, 0.15) is 11.6 Å². The predicted molar refractivity (Wildman–Crippen MR) is 105 cm³/mol. The quantitative estimate of drug-likeness (QED) is 0.633. The third-order valence-electron chi connectivity index (χ3n) is 4.13. The summed E-state index contributed by atoms with van der Waals surface area (Å²) in [5.74, 6) is 1.98. The van der Waals surface area contributed by atoms with Crippen molar-refractivity contribution in [1.82, 2.24) is 9.97 Å². The van der Waals surface area contributed by atoms with Gasteiger partial charge in [-0.3, -0.25) is 0 Å². The van der Waals surface area contributed by atoms with Gasteiger partial charge in [0.2, 0.25) is 5.95 Å². The van der Waals surface area contributed by atoms with Gasteiger partial charge in [-0.1, -0.05) is 41.9 Å². The first kappa shape index (κ1) is 16.7. The molecular formula is C20H19ClN4O. The summed E-state index contributed by atoms with van der Waals surface area (Å²) in [6.07, 6.45) is 2.36. The zero-order valence-electron chi connectivity index (χ0n) is 14.4. The van der Waals surface area contributed by atoms with Gasteiger partial charge in [-0.25, -0.2) is 4.98 Å². The van der Waals surface area contributed by atoms with Crippen LogP contribution >= 0.6 is 11.6 Å². The molecule has 0 atom stereocenters. The molecular weight excluding hydrogens is 348 g/mol. The monoisotopic (exact) mass is 366 g/mol. The molecule has 1 saturated carbocycles. The lowest BCUT2D eigenvalue weighted by molar-refractivity contribution is 0.415. The third-order valence-corrected chi connectivity index (χ3v) is 4.43. The van der Waals surface area contributed by atoms with E-state index in [0.717, 1.165) is 22.8 Å². The van der Waals surface area contributed by atoms with E-state index in [1.807, 2.05) is 48.5 Å². The third kappa shape index (κ3) is 3.89. The van der Waals surface area contributed by atoms with Crippen LogP contribution in [0.25, 0.3) is 11.3 Å². The number of hydrogen-bond acceptors (Lipinski definition) is 5. The van der Waals surface area contributed by atoms with Gasteiger partial charge in [-0.15, -0.1) is 0 Å². The molecule has 26 heavy (non-hydrogen) atoms. The Morgan fingerprint density at radius 3 is 2.54 bits per heavy atom. The van der Waals surface area contributed by atoms with Gasteiger partial charge in [0.15, 0.2) is 0 Å². The van der Waals surface area contributed by atoms with E-state index in [0.29, 0.717) is 22.8 Å². The van der Waals surface area contributed by atoms with Gasteiger partial charge in [0.25, 0.3) is 0 Å². The van der Waals surface area contributed by atoms with E-state index >= 15 is 0 Å². The number of nitrogens with one attached hydrogen (secondary N) is 2. The molecule has 0 spiro atoms. The number of anilines is 3. The highest BCUT2D eigenvalue weighted by Crippen LogP contribution is 2.30. The van der Waals surface area contributed by atoms with Crippen LogP contribution in [0.3, 0.4) is 0 Å². The number of ether oxygens (including phenoxy) is 1. The van der Waals surface area contributed by atoms with E-state index < -0.39 is 0 Å². The maximum Gasteiger partial charge on any atom is 0.229 e. The number of methoxy groups -OCH3 is 1. The lowest BCUT2D eigenvalue weighted by Crippen LogP contribution is -2.07. The molecule has 1 aromatic heterocycles. The molecule has 3 aromatic rings. The average molecular weight is 367 g/mol. The van der Waals surface area contributed by atoms with Crippen LogP contribution in [-0.2, 0) is 0 Å². The SMILES string of the molecule is COc1ccc(Nc2nc(NC3CC3)cc(-c3ccccc3)n2)cc1Cl. The molecule has 0 radical (unpaired) electrons. The van der Waals surface area contributed by atoms with Crippen molar-refractivity contribution in [3.8, 4) is 17.0 Å². The summed E-state index contributed by atoms with van der Waals surface area (Å²) in [6, 6.07) is 18.1. The Labute approximate surface area is 157 Å². The lowest BCUT2D eigenvalue weighted by Gasteiger charge is -2.12. The Kier molecular flexibility index (Phi) is 4.63. The molecule has 2 N–H and O–H groups in total. The Bertz CT molecular complexity index is 913. The minimum Gasteiger partial charge on any atom is -0.495 e. The molecule has 4 rings (SSSR count). The van der Waals surface area contributed by atoms with Gasteiger partial charge in [-0.2, -0.15) is 4.98 Å². The van der Waals surface area contributed by atoms with Crippen LogP contribution in [0.4, 0.5) is 17.5 Å². The summed E-state index contributed by atoms with van der Waals surface area (Å²) in [5.41, 5.74) is 2.72. The second-order valence-electron chi connectivity index (χ2n) is 6.22. The summed E-state index contributed by atoms with van der Waals surface area (Å²) in [7, 11) is 1.59. The summed E-state index contributed by atoms with van der Waals surface area (Å²) in [5, 5.41) is 7.22. The molecule has 0 bridgehead atoms. The van der Waals surface area contributed by atoms with E-state index in [1.165, 1.54) is 12.8 Å². The second kappa shape index (κ2) is 7.22. The van der Waals surface area contributed by atoms with Crippen molar-refractivity contribution >= 4 is 29.1 Å². The van der Waals surface area contributed by atoms with Gasteiger partial charge in [-0.05, 0) is 31.0 Å². The Morgan fingerprint density at radius 1 is 1.04 bits per heavy atom. The maximum absolute atomic E-state index is 6.21. The van der Waals surface area contributed by atoms with Crippen LogP contribution < -0.4 is 15.4 Å². The van der Waals surface area contributed by atoms with Crippen molar-refractivity contribution in [3.63, 3.8) is 0 Å². The first-order valence-electron chi connectivity index (χ1n) is 8.53. The zero-order chi connectivity index (χ0) is 17.9. The smallest absolute Gasteiger partial charge is 0.229 e. The highest BCUT2D eigenvalue weighted by atomic mass is 35.5. The van der Waals surface area contributed by atoms with Crippen LogP contribution in [0.15, 0.2) is 54.6 Å². The standard InChI is InChI=1S/C20H19ClN4O/c1-26-18-10-9-15(11-16(18)21)23-20-24-17(13-5-3-2-4-6-13)12-19(25-20)22-14-7-8-14/h2-6,9-12,14H,7-8H2,1H3,(H2,22,23,24,25). The van der Waals surface area contributed by atoms with Gasteiger partial charge in [0, 0.05) is 23.4 Å². The molecule has 1 heterocycles. The summed E-state index contributed by atoms with van der Waals surface area (Å²) in [6.45, 7) is 0. The predicted octanol–water partition coefficient (Wildman–Crippen LogP) is 5.12. The molecule has 1 fully saturated rings. The molecule has 0 amide bonds. The largest absolute Gasteiger partial charge is 0.495 e. The molecule has 0 unspecified atom stereocenters. The van der Waals surface area contributed by atoms with Crippen molar-refractivity contribution in [1.29, 1.82) is 0 Å². The summed E-state index contributed by atoms with van der Waals surface area (Å²) >= 11 is 6.21. The number of hydrogen-bond donors (Lipinski definition) is 2. The molecule has 1 aliphatic carbocycles. The zero-order valence-corrected chi connectivity index (χ0v) is 15.1. The molecule has 0 aliphatic heterocycles. The van der Waals surface area contributed by atoms with Crippen LogP contribution in [0, 0.1) is 0 Å². The van der Waals surface area contributed by atoms with Gasteiger partial charge < -0.3 is 15.4 Å². The fourth-order valence-corrected chi connectivity index (χ4v) is 2.90. The number of benzene rings is 2. The molecule has 2 aromatic carbocycles. The van der Waals surface area contributed by atoms with Gasteiger partial charge in [0.05, 0.1) is 17.8 Å². The van der Waals surface area contributed by atoms with Gasteiger partial charge >= 0.3 is 0 Å². The van der Waals surface area contributed by atoms with Crippen molar-refractivity contribution < 1.29 is 4.74 Å². The first-order valence-corrected chi connectivity index (χ1v) is 8.90. The Morgan fingerprint density at radius 2 is 1.85 bits per heavy atom. The number of rotatable bonds is 6. The molecule has 132 valence electrons. The van der Waals surface area contributed by atoms with E-state index in [4.69, 9.17) is 16.3 Å². The Balaban J connectivity index is 1.66. The van der Waals surface area contributed by atoms with E-state index in [9.17, 15) is 0 Å². The highest BCUT2D eigenvalue weighted by Gasteiger charge is 2.22. The number of halogens is 1. The summed E-state index contributed by atoms with van der Waals surface area (Å²) < 4.78 is 5.20. The van der Waals surface area contributed by atoms with Crippen LogP contribution in [0.1, 0.15) is 12.8 Å². The van der Waals surface area contributed by atoms with Crippen LogP contribution in [0.5, 0.6) is 5.75 Å². The minimum absolute atomic E-state index is 0.511. The Hall–Kier alpha value is -2.79. The number of aromatic nitrogens is 2. The molecule has 0 saturated heterocycles. The van der Waals surface area contributed by atoms with Crippen molar-refractivity contribution in [2.75, 3.05) is 17.7 Å². The average Bonchev–Trinajstić information content (AvgIpc) is 3.46. The van der Waals surface area contributed by atoms with Crippen molar-refractivity contribution in [3.05, 3.63) is 59.6 Å².